The van der Waals surface area contributed by atoms with E-state index in [0.29, 0.717) is 17.1 Å². The molecule has 0 aliphatic carbocycles. The monoisotopic (exact) mass is 440 g/mol. The summed E-state index contributed by atoms with van der Waals surface area (Å²) in [5.41, 5.74) is 5.01. The van der Waals surface area contributed by atoms with E-state index in [1.807, 2.05) is 36.4 Å². The molecule has 1 aromatic heterocycles. The fraction of sp³-hybridized carbons (Fsp3) is 0.125. The van der Waals surface area contributed by atoms with Crippen molar-refractivity contribution in [1.29, 1.82) is 0 Å². The van der Waals surface area contributed by atoms with Gasteiger partial charge in [0.25, 0.3) is 11.6 Å². The molecule has 33 heavy (non-hydrogen) atoms. The highest BCUT2D eigenvalue weighted by molar-refractivity contribution is 6.05. The van der Waals surface area contributed by atoms with Crippen LogP contribution in [-0.4, -0.2) is 32.4 Å². The van der Waals surface area contributed by atoms with Crippen LogP contribution in [0.3, 0.4) is 0 Å². The molecule has 1 amide bonds. The zero-order chi connectivity index (χ0) is 22.9. The molecular formula is C24H20N6O3. The van der Waals surface area contributed by atoms with Crippen molar-refractivity contribution in [2.24, 2.45) is 0 Å². The van der Waals surface area contributed by atoms with Crippen molar-refractivity contribution in [3.05, 3.63) is 99.9 Å². The number of rotatable bonds is 5. The van der Waals surface area contributed by atoms with Crippen LogP contribution in [0.2, 0.25) is 0 Å². The van der Waals surface area contributed by atoms with Crippen LogP contribution in [-0.2, 0) is 6.42 Å². The first kappa shape index (κ1) is 20.4. The molecule has 0 unspecified atom stereocenters. The molecule has 9 nitrogen and oxygen atoms in total. The summed E-state index contributed by atoms with van der Waals surface area (Å²) in [4.78, 5) is 25.9. The van der Waals surface area contributed by atoms with Crippen LogP contribution in [0, 0.1) is 17.0 Å². The number of nitrogens with zero attached hydrogens (tertiary/aromatic N) is 5. The molecule has 1 N–H and O–H groups in total. The molecule has 9 heteroatoms. The van der Waals surface area contributed by atoms with E-state index in [1.165, 1.54) is 22.4 Å². The molecule has 3 aromatic carbocycles. The van der Waals surface area contributed by atoms with Crippen molar-refractivity contribution >= 4 is 28.7 Å². The molecule has 4 aromatic rings. The molecule has 1 aliphatic heterocycles. The average molecular weight is 440 g/mol. The number of hydrogen-bond donors (Lipinski definition) is 1. The number of carbonyl (C=O) groups excluding carboxylic acids is 1. The minimum Gasteiger partial charge on any atom is -0.339 e. The number of amides is 1. The first-order valence-electron chi connectivity index (χ1n) is 10.5. The van der Waals surface area contributed by atoms with Gasteiger partial charge in [-0.25, -0.2) is 4.68 Å². The van der Waals surface area contributed by atoms with Gasteiger partial charge in [-0.1, -0.05) is 41.6 Å². The lowest BCUT2D eigenvalue weighted by molar-refractivity contribution is -0.384. The number of nitrogens with one attached hydrogen (secondary N) is 1. The third-order valence-corrected chi connectivity index (χ3v) is 5.72. The lowest BCUT2D eigenvalue weighted by Gasteiger charge is -2.22. The Morgan fingerprint density at radius 3 is 2.61 bits per heavy atom. The highest BCUT2D eigenvalue weighted by atomic mass is 16.6. The van der Waals surface area contributed by atoms with Gasteiger partial charge in [0.05, 0.1) is 27.7 Å². The summed E-state index contributed by atoms with van der Waals surface area (Å²) in [5.74, 6) is -0.399. The topological polar surface area (TPSA) is 106 Å². The molecule has 0 spiro atoms. The minimum absolute atomic E-state index is 0.0618. The van der Waals surface area contributed by atoms with Gasteiger partial charge in [0.1, 0.15) is 0 Å². The van der Waals surface area contributed by atoms with Crippen LogP contribution in [0.25, 0.3) is 5.69 Å². The average Bonchev–Trinajstić information content (AvgIpc) is 3.43. The standard InChI is InChI=1S/C24H20N6O3/c1-16-23(26-27-29(16)18-8-6-9-19(15-18)30(32)33)24(31)25-20-10-3-5-12-22(20)28-14-13-17-7-2-4-11-21(17)28/h2-12,15H,13-14H2,1H3,(H,25,31). The minimum atomic E-state index is -0.475. The van der Waals surface area contributed by atoms with Crippen molar-refractivity contribution in [1.82, 2.24) is 15.0 Å². The molecule has 0 bridgehead atoms. The van der Waals surface area contributed by atoms with E-state index in [2.05, 4.69) is 32.7 Å². The Balaban J connectivity index is 1.43. The van der Waals surface area contributed by atoms with Gasteiger partial charge in [-0.05, 0) is 43.2 Å². The second kappa shape index (κ2) is 8.19. The summed E-state index contributed by atoms with van der Waals surface area (Å²) in [6.07, 6.45) is 0.940. The molecule has 0 saturated heterocycles. The van der Waals surface area contributed by atoms with E-state index in [0.717, 1.165) is 24.3 Å². The third kappa shape index (κ3) is 3.69. The van der Waals surface area contributed by atoms with Crippen LogP contribution in [0.5, 0.6) is 0 Å². The summed E-state index contributed by atoms with van der Waals surface area (Å²) < 4.78 is 1.42. The number of carbonyl (C=O) groups is 1. The van der Waals surface area contributed by atoms with Crippen LogP contribution in [0.15, 0.2) is 72.8 Å². The number of anilines is 3. The highest BCUT2D eigenvalue weighted by Gasteiger charge is 2.24. The summed E-state index contributed by atoms with van der Waals surface area (Å²) in [5, 5.41) is 22.2. The predicted octanol–water partition coefficient (Wildman–Crippen LogP) is 4.43. The number of hydrogen-bond acceptors (Lipinski definition) is 6. The van der Waals surface area contributed by atoms with E-state index < -0.39 is 10.8 Å². The number of nitro groups is 1. The van der Waals surface area contributed by atoms with Crippen molar-refractivity contribution in [3.63, 3.8) is 0 Å². The third-order valence-electron chi connectivity index (χ3n) is 5.72. The number of nitro benzene ring substituents is 1. The van der Waals surface area contributed by atoms with Gasteiger partial charge in [0.2, 0.25) is 0 Å². The maximum absolute atomic E-state index is 13.1. The molecule has 2 heterocycles. The maximum Gasteiger partial charge on any atom is 0.278 e. The van der Waals surface area contributed by atoms with E-state index in [1.54, 1.807) is 19.1 Å². The van der Waals surface area contributed by atoms with Crippen LogP contribution < -0.4 is 10.2 Å². The number of fused-ring (bicyclic) bond motifs is 1. The van der Waals surface area contributed by atoms with Crippen LogP contribution in [0.1, 0.15) is 21.7 Å². The largest absolute Gasteiger partial charge is 0.339 e. The quantitative estimate of drug-likeness (QED) is 0.363. The number of non-ortho nitro benzene ring substituents is 1. The zero-order valence-electron chi connectivity index (χ0n) is 17.8. The lowest BCUT2D eigenvalue weighted by Crippen LogP contribution is -2.19. The number of aromatic nitrogens is 3. The van der Waals surface area contributed by atoms with E-state index >= 15 is 0 Å². The number of benzene rings is 3. The summed E-state index contributed by atoms with van der Waals surface area (Å²) in [6.45, 7) is 2.53. The Hall–Kier alpha value is -4.53. The van der Waals surface area contributed by atoms with Gasteiger partial charge in [0.15, 0.2) is 5.69 Å². The SMILES string of the molecule is Cc1c(C(=O)Nc2ccccc2N2CCc3ccccc32)nnn1-c1cccc([N+](=O)[O-])c1. The van der Waals surface area contributed by atoms with E-state index in [9.17, 15) is 14.9 Å². The number of para-hydroxylation sites is 3. The Kier molecular flexibility index (Phi) is 5.06. The van der Waals surface area contributed by atoms with Gasteiger partial charge in [-0.3, -0.25) is 14.9 Å². The molecule has 1 aliphatic rings. The predicted molar refractivity (Wildman–Crippen MR) is 124 cm³/mol. The van der Waals surface area contributed by atoms with Crippen molar-refractivity contribution < 1.29 is 9.72 Å². The van der Waals surface area contributed by atoms with Gasteiger partial charge in [-0.2, -0.15) is 0 Å². The van der Waals surface area contributed by atoms with E-state index in [-0.39, 0.29) is 11.4 Å². The first-order valence-corrected chi connectivity index (χ1v) is 10.5. The molecule has 0 fully saturated rings. The smallest absolute Gasteiger partial charge is 0.278 e. The highest BCUT2D eigenvalue weighted by Crippen LogP contribution is 2.38. The summed E-state index contributed by atoms with van der Waals surface area (Å²) >= 11 is 0. The Labute approximate surface area is 189 Å². The van der Waals surface area contributed by atoms with Gasteiger partial charge in [0, 0.05) is 24.4 Å². The first-order chi connectivity index (χ1) is 16.0. The molecule has 164 valence electrons. The van der Waals surface area contributed by atoms with Gasteiger partial charge < -0.3 is 10.2 Å². The summed E-state index contributed by atoms with van der Waals surface area (Å²) in [7, 11) is 0. The fourth-order valence-electron chi connectivity index (χ4n) is 4.11. The van der Waals surface area contributed by atoms with Crippen molar-refractivity contribution in [2.45, 2.75) is 13.3 Å². The summed E-state index contributed by atoms with van der Waals surface area (Å²) in [6, 6.07) is 21.9. The lowest BCUT2D eigenvalue weighted by atomic mass is 10.1. The fourth-order valence-corrected chi connectivity index (χ4v) is 4.11. The maximum atomic E-state index is 13.1. The molecule has 0 radical (unpaired) electrons. The van der Waals surface area contributed by atoms with E-state index in [4.69, 9.17) is 0 Å². The second-order valence-electron chi connectivity index (χ2n) is 7.71. The molecule has 0 saturated carbocycles. The van der Waals surface area contributed by atoms with Crippen molar-refractivity contribution in [3.8, 4) is 5.69 Å². The normalized spacial score (nSPS) is 12.5. The van der Waals surface area contributed by atoms with Gasteiger partial charge >= 0.3 is 0 Å². The molecular weight excluding hydrogens is 420 g/mol. The van der Waals surface area contributed by atoms with Crippen LogP contribution in [0.4, 0.5) is 22.7 Å². The Morgan fingerprint density at radius 1 is 1.03 bits per heavy atom. The van der Waals surface area contributed by atoms with Crippen molar-refractivity contribution in [2.75, 3.05) is 16.8 Å². The Bertz CT molecular complexity index is 1380. The zero-order valence-corrected chi connectivity index (χ0v) is 17.8. The van der Waals surface area contributed by atoms with Crippen LogP contribution >= 0.6 is 0 Å². The molecule has 0 atom stereocenters. The van der Waals surface area contributed by atoms with Gasteiger partial charge in [-0.15, -0.1) is 5.10 Å². The second-order valence-corrected chi connectivity index (χ2v) is 7.71. The Morgan fingerprint density at radius 2 is 1.79 bits per heavy atom. The molecule has 5 rings (SSSR count).